The molecular formula is C18H22O8. The molecule has 8 heteroatoms. The lowest BCUT2D eigenvalue weighted by Gasteiger charge is -2.40. The first-order valence-corrected chi connectivity index (χ1v) is 8.03. The quantitative estimate of drug-likeness (QED) is 0.577. The SMILES string of the molecule is COc1ccc(C=CC(=O)O[C@@H]2[C@@H](OC(C)=O)[C@@H](O)[C@H](O)O[C@H]2C)cc1. The van der Waals surface area contributed by atoms with Crippen molar-refractivity contribution in [2.24, 2.45) is 0 Å². The average molecular weight is 366 g/mol. The van der Waals surface area contributed by atoms with E-state index in [4.69, 9.17) is 18.9 Å². The molecule has 1 aromatic rings. The van der Waals surface area contributed by atoms with Crippen LogP contribution in [0.3, 0.4) is 0 Å². The zero-order valence-corrected chi connectivity index (χ0v) is 14.7. The van der Waals surface area contributed by atoms with Gasteiger partial charge in [0.1, 0.15) is 11.9 Å². The zero-order valence-electron chi connectivity index (χ0n) is 14.7. The van der Waals surface area contributed by atoms with Gasteiger partial charge in [0.25, 0.3) is 0 Å². The van der Waals surface area contributed by atoms with Crippen molar-refractivity contribution in [1.29, 1.82) is 0 Å². The van der Waals surface area contributed by atoms with E-state index in [9.17, 15) is 19.8 Å². The van der Waals surface area contributed by atoms with E-state index in [0.29, 0.717) is 5.75 Å². The van der Waals surface area contributed by atoms with Crippen LogP contribution in [-0.4, -0.2) is 60.0 Å². The second-order valence-corrected chi connectivity index (χ2v) is 5.80. The first-order chi connectivity index (χ1) is 12.3. The molecule has 1 heterocycles. The molecule has 0 aromatic heterocycles. The number of hydrogen-bond donors (Lipinski definition) is 2. The van der Waals surface area contributed by atoms with Gasteiger partial charge in [0.05, 0.1) is 13.2 Å². The number of rotatable bonds is 5. The number of hydrogen-bond acceptors (Lipinski definition) is 8. The summed E-state index contributed by atoms with van der Waals surface area (Å²) < 4.78 is 20.4. The maximum absolute atomic E-state index is 12.1. The maximum atomic E-state index is 12.1. The number of aliphatic hydroxyl groups is 2. The summed E-state index contributed by atoms with van der Waals surface area (Å²) in [6, 6.07) is 7.01. The van der Waals surface area contributed by atoms with E-state index < -0.39 is 42.6 Å². The molecule has 1 aromatic carbocycles. The van der Waals surface area contributed by atoms with E-state index in [1.54, 1.807) is 37.5 Å². The third-order valence-electron chi connectivity index (χ3n) is 3.85. The lowest BCUT2D eigenvalue weighted by molar-refractivity contribution is -0.283. The highest BCUT2D eigenvalue weighted by Gasteiger charge is 2.47. The van der Waals surface area contributed by atoms with Crippen molar-refractivity contribution in [3.63, 3.8) is 0 Å². The Morgan fingerprint density at radius 2 is 1.77 bits per heavy atom. The second kappa shape index (κ2) is 8.79. The lowest BCUT2D eigenvalue weighted by Crippen LogP contribution is -2.59. The van der Waals surface area contributed by atoms with Gasteiger partial charge in [0, 0.05) is 13.0 Å². The molecule has 0 unspecified atom stereocenters. The van der Waals surface area contributed by atoms with Crippen LogP contribution in [0, 0.1) is 0 Å². The molecule has 8 nitrogen and oxygen atoms in total. The molecular weight excluding hydrogens is 344 g/mol. The highest BCUT2D eigenvalue weighted by molar-refractivity contribution is 5.87. The monoisotopic (exact) mass is 366 g/mol. The van der Waals surface area contributed by atoms with Gasteiger partial charge in [-0.2, -0.15) is 0 Å². The van der Waals surface area contributed by atoms with Crippen LogP contribution in [0.15, 0.2) is 30.3 Å². The summed E-state index contributed by atoms with van der Waals surface area (Å²) in [6.07, 6.45) is -3.40. The molecule has 0 saturated carbocycles. The minimum Gasteiger partial charge on any atom is -0.497 e. The molecule has 1 aliphatic heterocycles. The van der Waals surface area contributed by atoms with Crippen LogP contribution in [0.4, 0.5) is 0 Å². The molecule has 0 aliphatic carbocycles. The maximum Gasteiger partial charge on any atom is 0.331 e. The minimum absolute atomic E-state index is 0.676. The van der Waals surface area contributed by atoms with Crippen molar-refractivity contribution in [1.82, 2.24) is 0 Å². The summed E-state index contributed by atoms with van der Waals surface area (Å²) in [7, 11) is 1.56. The average Bonchev–Trinajstić information content (AvgIpc) is 2.61. The van der Waals surface area contributed by atoms with Crippen LogP contribution in [0.2, 0.25) is 0 Å². The van der Waals surface area contributed by atoms with Crippen LogP contribution >= 0.6 is 0 Å². The van der Waals surface area contributed by atoms with Gasteiger partial charge in [-0.05, 0) is 30.7 Å². The second-order valence-electron chi connectivity index (χ2n) is 5.80. The standard InChI is InChI=1S/C18H22O8/c1-10-16(17(25-11(2)19)15(21)18(22)24-10)26-14(20)9-6-12-4-7-13(23-3)8-5-12/h4-10,15-18,21-22H,1-3H3/t10-,15+,16-,17-,18+/m0/s1. The highest BCUT2D eigenvalue weighted by atomic mass is 16.7. The smallest absolute Gasteiger partial charge is 0.331 e. The summed E-state index contributed by atoms with van der Waals surface area (Å²) in [4.78, 5) is 23.3. The Morgan fingerprint density at radius 3 is 2.35 bits per heavy atom. The molecule has 1 saturated heterocycles. The van der Waals surface area contributed by atoms with Crippen molar-refractivity contribution in [3.05, 3.63) is 35.9 Å². The van der Waals surface area contributed by atoms with E-state index >= 15 is 0 Å². The van der Waals surface area contributed by atoms with E-state index in [1.165, 1.54) is 13.0 Å². The van der Waals surface area contributed by atoms with Crippen LogP contribution in [0.5, 0.6) is 5.75 Å². The van der Waals surface area contributed by atoms with Crippen molar-refractivity contribution in [2.75, 3.05) is 7.11 Å². The fourth-order valence-electron chi connectivity index (χ4n) is 2.55. The predicted molar refractivity (Wildman–Crippen MR) is 90.0 cm³/mol. The van der Waals surface area contributed by atoms with Gasteiger partial charge in [0.2, 0.25) is 0 Å². The Labute approximate surface area is 150 Å². The van der Waals surface area contributed by atoms with Gasteiger partial charge in [-0.15, -0.1) is 0 Å². The van der Waals surface area contributed by atoms with Gasteiger partial charge in [-0.1, -0.05) is 12.1 Å². The Morgan fingerprint density at radius 1 is 1.12 bits per heavy atom. The molecule has 1 fully saturated rings. The molecule has 2 rings (SSSR count). The summed E-state index contributed by atoms with van der Waals surface area (Å²) in [6.45, 7) is 2.69. The molecule has 2 N–H and O–H groups in total. The van der Waals surface area contributed by atoms with Gasteiger partial charge < -0.3 is 29.2 Å². The predicted octanol–water partition coefficient (Wildman–Crippen LogP) is 0.650. The Kier molecular flexibility index (Phi) is 6.73. The van der Waals surface area contributed by atoms with Crippen molar-refractivity contribution < 1.29 is 38.7 Å². The normalized spacial score (nSPS) is 28.6. The molecule has 0 radical (unpaired) electrons. The van der Waals surface area contributed by atoms with Crippen LogP contribution in [0.1, 0.15) is 19.4 Å². The fraction of sp³-hybridized carbons (Fsp3) is 0.444. The topological polar surface area (TPSA) is 112 Å². The first-order valence-electron chi connectivity index (χ1n) is 8.03. The van der Waals surface area contributed by atoms with Gasteiger partial charge in [-0.25, -0.2) is 4.79 Å². The van der Waals surface area contributed by atoms with Gasteiger partial charge in [0.15, 0.2) is 18.5 Å². The van der Waals surface area contributed by atoms with Crippen LogP contribution < -0.4 is 4.74 Å². The molecule has 0 bridgehead atoms. The van der Waals surface area contributed by atoms with Gasteiger partial charge in [-0.3, -0.25) is 4.79 Å². The Bertz CT molecular complexity index is 654. The number of carbonyl (C=O) groups excluding carboxylic acids is 2. The minimum atomic E-state index is -1.54. The molecule has 0 amide bonds. The van der Waals surface area contributed by atoms with Crippen molar-refractivity contribution in [3.8, 4) is 5.75 Å². The summed E-state index contributed by atoms with van der Waals surface area (Å²) >= 11 is 0. The summed E-state index contributed by atoms with van der Waals surface area (Å²) in [5.74, 6) is -0.693. The number of carbonyl (C=O) groups is 2. The van der Waals surface area contributed by atoms with Crippen molar-refractivity contribution in [2.45, 2.75) is 44.6 Å². The van der Waals surface area contributed by atoms with Crippen LogP contribution in [-0.2, 0) is 23.8 Å². The summed E-state index contributed by atoms with van der Waals surface area (Å²) in [5.41, 5.74) is 0.752. The third kappa shape index (κ3) is 5.04. The van der Waals surface area contributed by atoms with Crippen LogP contribution in [0.25, 0.3) is 6.08 Å². The number of esters is 2. The van der Waals surface area contributed by atoms with Crippen molar-refractivity contribution >= 4 is 18.0 Å². The Hall–Kier alpha value is -2.42. The number of benzene rings is 1. The zero-order chi connectivity index (χ0) is 19.3. The largest absolute Gasteiger partial charge is 0.497 e. The number of aliphatic hydroxyl groups excluding tert-OH is 2. The van der Waals surface area contributed by atoms with E-state index in [0.717, 1.165) is 12.5 Å². The fourth-order valence-corrected chi connectivity index (χ4v) is 2.55. The molecule has 1 aliphatic rings. The Balaban J connectivity index is 2.06. The number of ether oxygens (including phenoxy) is 4. The summed E-state index contributed by atoms with van der Waals surface area (Å²) in [5, 5.41) is 19.6. The lowest BCUT2D eigenvalue weighted by atomic mass is 9.99. The van der Waals surface area contributed by atoms with E-state index in [-0.39, 0.29) is 0 Å². The first kappa shape index (κ1) is 19.9. The highest BCUT2D eigenvalue weighted by Crippen LogP contribution is 2.25. The van der Waals surface area contributed by atoms with E-state index in [2.05, 4.69) is 0 Å². The molecule has 0 spiro atoms. The third-order valence-corrected chi connectivity index (χ3v) is 3.85. The molecule has 142 valence electrons. The van der Waals surface area contributed by atoms with E-state index in [1.807, 2.05) is 0 Å². The number of methoxy groups -OCH3 is 1. The molecule has 5 atom stereocenters. The van der Waals surface area contributed by atoms with Gasteiger partial charge >= 0.3 is 11.9 Å². The molecule has 26 heavy (non-hydrogen) atoms.